The summed E-state index contributed by atoms with van der Waals surface area (Å²) in [6.45, 7) is 4.67. The molecule has 3 fully saturated rings. The van der Waals surface area contributed by atoms with Crippen LogP contribution in [-0.4, -0.2) is 17.9 Å². The SMILES string of the molecule is CCCCCCCCCC(=O)O[C@@H]1CC[C@@H]2[C@@H]3CCC4=CC(=O)CC[C@@H]4[C@@H]3CC[C@@]21C. The highest BCUT2D eigenvalue weighted by Gasteiger charge is 2.57. The quantitative estimate of drug-likeness (QED) is 0.288. The zero-order valence-electron chi connectivity index (χ0n) is 20.0. The number of carbonyl (C=O) groups is 2. The van der Waals surface area contributed by atoms with Gasteiger partial charge < -0.3 is 4.74 Å². The monoisotopic (exact) mass is 428 g/mol. The van der Waals surface area contributed by atoms with E-state index in [9.17, 15) is 9.59 Å². The normalized spacial score (nSPS) is 36.9. The molecule has 3 heteroatoms. The van der Waals surface area contributed by atoms with Gasteiger partial charge in [0.05, 0.1) is 0 Å². The highest BCUT2D eigenvalue weighted by Crippen LogP contribution is 2.62. The van der Waals surface area contributed by atoms with E-state index in [2.05, 4.69) is 13.8 Å². The smallest absolute Gasteiger partial charge is 0.306 e. The third-order valence-electron chi connectivity index (χ3n) is 9.47. The minimum Gasteiger partial charge on any atom is -0.462 e. The number of hydrogen-bond donors (Lipinski definition) is 0. The third kappa shape index (κ3) is 4.96. The van der Waals surface area contributed by atoms with Crippen molar-refractivity contribution in [2.75, 3.05) is 0 Å². The van der Waals surface area contributed by atoms with Crippen LogP contribution < -0.4 is 0 Å². The third-order valence-corrected chi connectivity index (χ3v) is 9.47. The van der Waals surface area contributed by atoms with Crippen LogP contribution in [0.2, 0.25) is 0 Å². The molecule has 0 heterocycles. The highest BCUT2D eigenvalue weighted by molar-refractivity contribution is 5.91. The largest absolute Gasteiger partial charge is 0.462 e. The molecular formula is C28H44O3. The average molecular weight is 429 g/mol. The molecule has 6 atom stereocenters. The van der Waals surface area contributed by atoms with Gasteiger partial charge in [-0.25, -0.2) is 0 Å². The van der Waals surface area contributed by atoms with E-state index in [1.807, 2.05) is 6.08 Å². The Hall–Kier alpha value is -1.12. The molecule has 0 bridgehead atoms. The molecule has 0 radical (unpaired) electrons. The van der Waals surface area contributed by atoms with Crippen molar-refractivity contribution in [3.05, 3.63) is 11.6 Å². The first kappa shape index (κ1) is 23.1. The number of allylic oxidation sites excluding steroid dienone is 1. The van der Waals surface area contributed by atoms with E-state index >= 15 is 0 Å². The first-order chi connectivity index (χ1) is 15.0. The van der Waals surface area contributed by atoms with Crippen LogP contribution in [0.3, 0.4) is 0 Å². The minimum absolute atomic E-state index is 0.0437. The van der Waals surface area contributed by atoms with E-state index in [0.717, 1.165) is 50.4 Å². The van der Waals surface area contributed by atoms with E-state index in [0.29, 0.717) is 24.0 Å². The van der Waals surface area contributed by atoms with Crippen LogP contribution >= 0.6 is 0 Å². The maximum Gasteiger partial charge on any atom is 0.306 e. The van der Waals surface area contributed by atoms with Crippen molar-refractivity contribution in [3.8, 4) is 0 Å². The summed E-state index contributed by atoms with van der Waals surface area (Å²) in [5, 5.41) is 0. The Morgan fingerprint density at radius 1 is 0.968 bits per heavy atom. The molecular weight excluding hydrogens is 384 g/mol. The number of carbonyl (C=O) groups excluding carboxylic acids is 2. The fourth-order valence-corrected chi connectivity index (χ4v) is 7.77. The molecule has 0 aromatic heterocycles. The highest BCUT2D eigenvalue weighted by atomic mass is 16.5. The van der Waals surface area contributed by atoms with Gasteiger partial charge in [0.15, 0.2) is 5.78 Å². The van der Waals surface area contributed by atoms with Gasteiger partial charge in [0.1, 0.15) is 6.10 Å². The number of unbranched alkanes of at least 4 members (excludes halogenated alkanes) is 6. The Labute approximate surface area is 189 Å². The molecule has 0 saturated heterocycles. The molecule has 4 aliphatic rings. The Morgan fingerprint density at radius 2 is 1.74 bits per heavy atom. The summed E-state index contributed by atoms with van der Waals surface area (Å²) in [5.41, 5.74) is 1.62. The second-order valence-corrected chi connectivity index (χ2v) is 11.3. The van der Waals surface area contributed by atoms with Gasteiger partial charge in [-0.1, -0.05) is 57.9 Å². The predicted molar refractivity (Wildman–Crippen MR) is 125 cm³/mol. The lowest BCUT2D eigenvalue weighted by atomic mass is 9.52. The lowest BCUT2D eigenvalue weighted by molar-refractivity contribution is -0.159. The van der Waals surface area contributed by atoms with Crippen molar-refractivity contribution in [1.29, 1.82) is 0 Å². The average Bonchev–Trinajstić information content (AvgIpc) is 3.09. The van der Waals surface area contributed by atoms with Gasteiger partial charge in [-0.3, -0.25) is 9.59 Å². The number of ether oxygens (including phenoxy) is 1. The zero-order valence-corrected chi connectivity index (χ0v) is 20.0. The molecule has 3 nitrogen and oxygen atoms in total. The predicted octanol–water partition coefficient (Wildman–Crippen LogP) is 7.18. The summed E-state index contributed by atoms with van der Waals surface area (Å²) < 4.78 is 6.13. The van der Waals surface area contributed by atoms with Crippen LogP contribution in [0.25, 0.3) is 0 Å². The molecule has 0 unspecified atom stereocenters. The van der Waals surface area contributed by atoms with Gasteiger partial charge in [0.25, 0.3) is 0 Å². The van der Waals surface area contributed by atoms with Crippen LogP contribution in [0.15, 0.2) is 11.6 Å². The van der Waals surface area contributed by atoms with Crippen molar-refractivity contribution in [2.45, 2.75) is 123 Å². The fraction of sp³-hybridized carbons (Fsp3) is 0.857. The number of hydrogen-bond acceptors (Lipinski definition) is 3. The van der Waals surface area contributed by atoms with Crippen LogP contribution in [0.5, 0.6) is 0 Å². The summed E-state index contributed by atoms with van der Waals surface area (Å²) in [5.74, 6) is 3.26. The lowest BCUT2D eigenvalue weighted by Crippen LogP contribution is -2.48. The minimum atomic E-state index is 0.0437. The number of fused-ring (bicyclic) bond motifs is 5. The molecule has 0 spiro atoms. The van der Waals surface area contributed by atoms with Gasteiger partial charge in [-0.05, 0) is 81.1 Å². The molecule has 3 saturated carbocycles. The Balaban J connectivity index is 1.27. The number of esters is 1. The van der Waals surface area contributed by atoms with E-state index in [1.54, 1.807) is 0 Å². The van der Waals surface area contributed by atoms with Crippen molar-refractivity contribution < 1.29 is 14.3 Å². The second-order valence-electron chi connectivity index (χ2n) is 11.3. The van der Waals surface area contributed by atoms with Crippen LogP contribution in [0, 0.1) is 29.1 Å². The summed E-state index contributed by atoms with van der Waals surface area (Å²) in [6.07, 6.45) is 20.3. The number of ketones is 1. The first-order valence-electron chi connectivity index (χ1n) is 13.5. The molecule has 0 amide bonds. The van der Waals surface area contributed by atoms with Crippen LogP contribution in [0.4, 0.5) is 0 Å². The van der Waals surface area contributed by atoms with E-state index in [1.165, 1.54) is 63.4 Å². The second kappa shape index (κ2) is 10.2. The molecule has 4 aliphatic carbocycles. The van der Waals surface area contributed by atoms with Gasteiger partial charge in [-0.15, -0.1) is 0 Å². The van der Waals surface area contributed by atoms with Crippen molar-refractivity contribution in [3.63, 3.8) is 0 Å². The number of rotatable bonds is 9. The Morgan fingerprint density at radius 3 is 2.55 bits per heavy atom. The van der Waals surface area contributed by atoms with Crippen LogP contribution in [-0.2, 0) is 14.3 Å². The van der Waals surface area contributed by atoms with Crippen LogP contribution in [0.1, 0.15) is 117 Å². The Bertz CT molecular complexity index is 680. The van der Waals surface area contributed by atoms with Crippen molar-refractivity contribution in [1.82, 2.24) is 0 Å². The zero-order chi connectivity index (χ0) is 21.8. The lowest BCUT2D eigenvalue weighted by Gasteiger charge is -2.53. The fourth-order valence-electron chi connectivity index (χ4n) is 7.77. The molecule has 4 rings (SSSR count). The summed E-state index contributed by atoms with van der Waals surface area (Å²) in [4.78, 5) is 24.5. The topological polar surface area (TPSA) is 43.4 Å². The summed E-state index contributed by atoms with van der Waals surface area (Å²) in [7, 11) is 0. The maximum atomic E-state index is 12.6. The molecule has 0 aliphatic heterocycles. The van der Waals surface area contributed by atoms with Gasteiger partial charge >= 0.3 is 5.97 Å². The Kier molecular flexibility index (Phi) is 7.60. The standard InChI is InChI=1S/C28H44O3/c1-3-4-5-6-7-8-9-10-27(30)31-26-16-15-25-24-13-11-20-19-21(29)12-14-22(20)23(24)17-18-28(25,26)2/h19,22-26H,3-18H2,1-2H3/t22-,23-,24+,25+,26+,28-/m0/s1. The van der Waals surface area contributed by atoms with Crippen molar-refractivity contribution in [2.24, 2.45) is 29.1 Å². The molecule has 174 valence electrons. The molecule has 0 N–H and O–H groups in total. The maximum absolute atomic E-state index is 12.6. The first-order valence-corrected chi connectivity index (χ1v) is 13.5. The molecule has 0 aromatic carbocycles. The summed E-state index contributed by atoms with van der Waals surface area (Å²) in [6, 6.07) is 0. The van der Waals surface area contributed by atoms with Crippen molar-refractivity contribution >= 4 is 11.8 Å². The van der Waals surface area contributed by atoms with E-state index < -0.39 is 0 Å². The summed E-state index contributed by atoms with van der Waals surface area (Å²) >= 11 is 0. The molecule has 31 heavy (non-hydrogen) atoms. The van der Waals surface area contributed by atoms with Gasteiger partial charge in [0, 0.05) is 18.3 Å². The molecule has 0 aromatic rings. The van der Waals surface area contributed by atoms with Gasteiger partial charge in [0.2, 0.25) is 0 Å². The van der Waals surface area contributed by atoms with E-state index in [-0.39, 0.29) is 17.5 Å². The van der Waals surface area contributed by atoms with Gasteiger partial charge in [-0.2, -0.15) is 0 Å². The van der Waals surface area contributed by atoms with E-state index in [4.69, 9.17) is 4.74 Å².